The van der Waals surface area contributed by atoms with E-state index in [1.807, 2.05) is 30.3 Å². The highest BCUT2D eigenvalue weighted by Gasteiger charge is 2.05. The van der Waals surface area contributed by atoms with Gasteiger partial charge in [0, 0.05) is 13.0 Å². The Hall–Kier alpha value is -2.21. The monoisotopic (exact) mass is 301 g/mol. The minimum Gasteiger partial charge on any atom is -0.354 e. The third-order valence-corrected chi connectivity index (χ3v) is 3.40. The SMILES string of the molecule is NCCCCCCNc1nnc(Cc2ccccc2)c(=O)[nH]1. The van der Waals surface area contributed by atoms with Gasteiger partial charge in [0.05, 0.1) is 0 Å². The van der Waals surface area contributed by atoms with Gasteiger partial charge < -0.3 is 11.1 Å². The fourth-order valence-corrected chi connectivity index (χ4v) is 2.17. The molecule has 0 saturated carbocycles. The van der Waals surface area contributed by atoms with Crippen LogP contribution in [0.25, 0.3) is 0 Å². The van der Waals surface area contributed by atoms with Gasteiger partial charge in [-0.3, -0.25) is 9.78 Å². The first-order valence-corrected chi connectivity index (χ1v) is 7.73. The van der Waals surface area contributed by atoms with Crippen LogP contribution in [0.2, 0.25) is 0 Å². The summed E-state index contributed by atoms with van der Waals surface area (Å²) in [6.07, 6.45) is 4.83. The average molecular weight is 301 g/mol. The number of hydrogen-bond donors (Lipinski definition) is 3. The first-order chi connectivity index (χ1) is 10.8. The summed E-state index contributed by atoms with van der Waals surface area (Å²) in [5.74, 6) is 0.431. The normalized spacial score (nSPS) is 10.6. The van der Waals surface area contributed by atoms with E-state index in [0.29, 0.717) is 18.1 Å². The van der Waals surface area contributed by atoms with Gasteiger partial charge in [-0.1, -0.05) is 43.2 Å². The number of unbranched alkanes of at least 4 members (excludes halogenated alkanes) is 3. The minimum atomic E-state index is -0.190. The summed E-state index contributed by atoms with van der Waals surface area (Å²) in [6, 6.07) is 9.76. The number of nitrogens with one attached hydrogen (secondary N) is 2. The number of nitrogens with zero attached hydrogens (tertiary/aromatic N) is 2. The fraction of sp³-hybridized carbons (Fsp3) is 0.438. The number of aromatic nitrogens is 3. The molecule has 0 aliphatic heterocycles. The number of hydrogen-bond acceptors (Lipinski definition) is 5. The van der Waals surface area contributed by atoms with Gasteiger partial charge in [-0.2, -0.15) is 0 Å². The number of aromatic amines is 1. The van der Waals surface area contributed by atoms with Gasteiger partial charge in [0.1, 0.15) is 5.69 Å². The molecule has 0 unspecified atom stereocenters. The second-order valence-electron chi connectivity index (χ2n) is 5.24. The summed E-state index contributed by atoms with van der Waals surface area (Å²) in [5.41, 5.74) is 6.73. The number of anilines is 1. The maximum Gasteiger partial charge on any atom is 0.274 e. The Balaban J connectivity index is 1.83. The van der Waals surface area contributed by atoms with Crippen LogP contribution < -0.4 is 16.6 Å². The lowest BCUT2D eigenvalue weighted by Crippen LogP contribution is -2.20. The van der Waals surface area contributed by atoms with Crippen molar-refractivity contribution >= 4 is 5.95 Å². The maximum atomic E-state index is 12.0. The van der Waals surface area contributed by atoms with Crippen LogP contribution in [0.15, 0.2) is 35.1 Å². The van der Waals surface area contributed by atoms with Gasteiger partial charge in [-0.15, -0.1) is 10.2 Å². The maximum absolute atomic E-state index is 12.0. The van der Waals surface area contributed by atoms with E-state index < -0.39 is 0 Å². The number of nitrogens with two attached hydrogens (primary N) is 1. The molecule has 0 bridgehead atoms. The lowest BCUT2D eigenvalue weighted by molar-refractivity contribution is 0.659. The van der Waals surface area contributed by atoms with Crippen molar-refractivity contribution in [2.75, 3.05) is 18.4 Å². The predicted octanol–water partition coefficient (Wildman–Crippen LogP) is 1.69. The van der Waals surface area contributed by atoms with E-state index in [9.17, 15) is 4.79 Å². The average Bonchev–Trinajstić information content (AvgIpc) is 2.54. The van der Waals surface area contributed by atoms with Crippen molar-refractivity contribution in [3.8, 4) is 0 Å². The van der Waals surface area contributed by atoms with Crippen molar-refractivity contribution in [1.82, 2.24) is 15.2 Å². The van der Waals surface area contributed by atoms with E-state index in [2.05, 4.69) is 20.5 Å². The molecular weight excluding hydrogens is 278 g/mol. The molecule has 22 heavy (non-hydrogen) atoms. The van der Waals surface area contributed by atoms with Crippen LogP contribution >= 0.6 is 0 Å². The quantitative estimate of drug-likeness (QED) is 0.612. The van der Waals surface area contributed by atoms with Gasteiger partial charge in [0.15, 0.2) is 0 Å². The van der Waals surface area contributed by atoms with E-state index in [1.54, 1.807) is 0 Å². The second-order valence-corrected chi connectivity index (χ2v) is 5.24. The van der Waals surface area contributed by atoms with Crippen LogP contribution in [0.3, 0.4) is 0 Å². The van der Waals surface area contributed by atoms with Crippen molar-refractivity contribution in [3.63, 3.8) is 0 Å². The Labute approximate surface area is 130 Å². The summed E-state index contributed by atoms with van der Waals surface area (Å²) in [5, 5.41) is 11.2. The summed E-state index contributed by atoms with van der Waals surface area (Å²) in [4.78, 5) is 14.7. The summed E-state index contributed by atoms with van der Waals surface area (Å²) < 4.78 is 0. The zero-order chi connectivity index (χ0) is 15.6. The fourth-order valence-electron chi connectivity index (χ4n) is 2.17. The molecule has 0 atom stereocenters. The molecule has 0 aliphatic carbocycles. The van der Waals surface area contributed by atoms with Crippen molar-refractivity contribution in [2.45, 2.75) is 32.1 Å². The third kappa shape index (κ3) is 5.29. The Bertz CT molecular complexity index is 611. The number of benzene rings is 1. The molecule has 0 spiro atoms. The topological polar surface area (TPSA) is 96.7 Å². The molecule has 6 nitrogen and oxygen atoms in total. The van der Waals surface area contributed by atoms with Gasteiger partial charge in [-0.25, -0.2) is 0 Å². The smallest absolute Gasteiger partial charge is 0.274 e. The second kappa shape index (κ2) is 8.94. The van der Waals surface area contributed by atoms with Crippen molar-refractivity contribution in [2.24, 2.45) is 5.73 Å². The lowest BCUT2D eigenvalue weighted by Gasteiger charge is -2.05. The molecule has 0 amide bonds. The molecule has 0 radical (unpaired) electrons. The molecule has 0 aliphatic rings. The Morgan fingerprint density at radius 1 is 1.05 bits per heavy atom. The highest BCUT2D eigenvalue weighted by Crippen LogP contribution is 2.04. The van der Waals surface area contributed by atoms with E-state index in [1.165, 1.54) is 0 Å². The van der Waals surface area contributed by atoms with Gasteiger partial charge in [0.2, 0.25) is 5.95 Å². The highest BCUT2D eigenvalue weighted by atomic mass is 16.1. The standard InChI is InChI=1S/C16H23N5O/c17-10-6-1-2-7-11-18-16-19-15(22)14(20-21-16)12-13-8-4-3-5-9-13/h3-5,8-9H,1-2,6-7,10-12,17H2,(H2,18,19,21,22). The summed E-state index contributed by atoms with van der Waals surface area (Å²) in [7, 11) is 0. The zero-order valence-electron chi connectivity index (χ0n) is 12.7. The predicted molar refractivity (Wildman–Crippen MR) is 87.9 cm³/mol. The Morgan fingerprint density at radius 2 is 1.82 bits per heavy atom. The number of H-pyrrole nitrogens is 1. The van der Waals surface area contributed by atoms with Crippen molar-refractivity contribution in [3.05, 3.63) is 51.9 Å². The molecule has 2 aromatic rings. The molecule has 0 saturated heterocycles. The summed E-state index contributed by atoms with van der Waals surface area (Å²) in [6.45, 7) is 1.52. The van der Waals surface area contributed by atoms with Crippen LogP contribution in [0.4, 0.5) is 5.95 Å². The van der Waals surface area contributed by atoms with Gasteiger partial charge >= 0.3 is 0 Å². The van der Waals surface area contributed by atoms with E-state index in [4.69, 9.17) is 5.73 Å². The highest BCUT2D eigenvalue weighted by molar-refractivity contribution is 5.24. The van der Waals surface area contributed by atoms with Crippen molar-refractivity contribution < 1.29 is 0 Å². The van der Waals surface area contributed by atoms with E-state index >= 15 is 0 Å². The van der Waals surface area contributed by atoms with Crippen LogP contribution in [0.1, 0.15) is 36.9 Å². The first kappa shape index (κ1) is 16.2. The van der Waals surface area contributed by atoms with E-state index in [-0.39, 0.29) is 5.56 Å². The van der Waals surface area contributed by atoms with Gasteiger partial charge in [-0.05, 0) is 24.9 Å². The van der Waals surface area contributed by atoms with Crippen LogP contribution in [-0.4, -0.2) is 28.3 Å². The lowest BCUT2D eigenvalue weighted by atomic mass is 10.1. The molecule has 4 N–H and O–H groups in total. The molecule has 0 fully saturated rings. The Morgan fingerprint density at radius 3 is 2.55 bits per heavy atom. The minimum absolute atomic E-state index is 0.190. The van der Waals surface area contributed by atoms with Crippen LogP contribution in [-0.2, 0) is 6.42 Å². The van der Waals surface area contributed by atoms with E-state index in [0.717, 1.165) is 44.3 Å². The number of rotatable bonds is 9. The molecular formula is C16H23N5O. The zero-order valence-corrected chi connectivity index (χ0v) is 12.7. The van der Waals surface area contributed by atoms with Crippen LogP contribution in [0, 0.1) is 0 Å². The molecule has 2 rings (SSSR count). The summed E-state index contributed by atoms with van der Waals surface area (Å²) >= 11 is 0. The van der Waals surface area contributed by atoms with Crippen LogP contribution in [0.5, 0.6) is 0 Å². The molecule has 118 valence electrons. The Kier molecular flexibility index (Phi) is 6.57. The van der Waals surface area contributed by atoms with Crippen molar-refractivity contribution in [1.29, 1.82) is 0 Å². The molecule has 6 heteroatoms. The molecule has 1 heterocycles. The largest absolute Gasteiger partial charge is 0.354 e. The third-order valence-electron chi connectivity index (χ3n) is 3.40. The molecule has 1 aromatic carbocycles. The first-order valence-electron chi connectivity index (χ1n) is 7.73. The van der Waals surface area contributed by atoms with Gasteiger partial charge in [0.25, 0.3) is 5.56 Å². The molecule has 1 aromatic heterocycles.